The van der Waals surface area contributed by atoms with Crippen molar-refractivity contribution in [2.24, 2.45) is 11.7 Å². The number of nitrogens with two attached hydrogens (primary N) is 1. The van der Waals surface area contributed by atoms with Crippen molar-refractivity contribution in [1.29, 1.82) is 0 Å². The molecule has 0 spiro atoms. The molecule has 0 aliphatic heterocycles. The average Bonchev–Trinajstić information content (AvgIpc) is 2.74. The van der Waals surface area contributed by atoms with Crippen LogP contribution in [0.2, 0.25) is 10.0 Å². The third-order valence-corrected chi connectivity index (χ3v) is 3.29. The first-order chi connectivity index (χ1) is 9.02. The van der Waals surface area contributed by atoms with Crippen LogP contribution in [0, 0.1) is 5.92 Å². The van der Waals surface area contributed by atoms with Crippen LogP contribution in [0.5, 0.6) is 0 Å². The summed E-state index contributed by atoms with van der Waals surface area (Å²) in [6, 6.07) is 5.31. The first-order valence-electron chi connectivity index (χ1n) is 6.10. The number of nitrogens with zero attached hydrogens (tertiary/aromatic N) is 3. The zero-order chi connectivity index (χ0) is 14.0. The predicted molar refractivity (Wildman–Crippen MR) is 78.2 cm³/mol. The van der Waals surface area contributed by atoms with Crippen molar-refractivity contribution in [1.82, 2.24) is 14.8 Å². The average molecular weight is 299 g/mol. The van der Waals surface area contributed by atoms with Crippen LogP contribution in [0.15, 0.2) is 18.2 Å². The number of rotatable bonds is 4. The third kappa shape index (κ3) is 3.08. The molecular weight excluding hydrogens is 283 g/mol. The highest BCUT2D eigenvalue weighted by Gasteiger charge is 2.16. The van der Waals surface area contributed by atoms with Crippen molar-refractivity contribution in [2.75, 3.05) is 0 Å². The van der Waals surface area contributed by atoms with Gasteiger partial charge >= 0.3 is 0 Å². The van der Waals surface area contributed by atoms with Gasteiger partial charge in [-0.1, -0.05) is 37.0 Å². The molecule has 2 rings (SSSR count). The molecule has 0 aliphatic carbocycles. The summed E-state index contributed by atoms with van der Waals surface area (Å²) < 4.78 is 2.00. The zero-order valence-corrected chi connectivity index (χ0v) is 12.4. The van der Waals surface area contributed by atoms with Gasteiger partial charge < -0.3 is 10.3 Å². The lowest BCUT2D eigenvalue weighted by molar-refractivity contribution is 0.510. The van der Waals surface area contributed by atoms with Gasteiger partial charge in [-0.05, 0) is 24.1 Å². The molecule has 19 heavy (non-hydrogen) atoms. The van der Waals surface area contributed by atoms with Crippen LogP contribution in [0.4, 0.5) is 0 Å². The third-order valence-electron chi connectivity index (χ3n) is 2.73. The van der Waals surface area contributed by atoms with Gasteiger partial charge in [0.15, 0.2) is 5.82 Å². The molecule has 0 saturated carbocycles. The van der Waals surface area contributed by atoms with Crippen molar-refractivity contribution in [2.45, 2.75) is 26.9 Å². The highest BCUT2D eigenvalue weighted by atomic mass is 35.5. The predicted octanol–water partition coefficient (Wildman–Crippen LogP) is 3.37. The Morgan fingerprint density at radius 3 is 2.63 bits per heavy atom. The van der Waals surface area contributed by atoms with Crippen molar-refractivity contribution in [3.05, 3.63) is 34.1 Å². The van der Waals surface area contributed by atoms with E-state index in [0.717, 1.165) is 17.9 Å². The summed E-state index contributed by atoms with van der Waals surface area (Å²) in [6.45, 7) is 5.39. The van der Waals surface area contributed by atoms with Crippen molar-refractivity contribution < 1.29 is 0 Å². The van der Waals surface area contributed by atoms with Crippen molar-refractivity contribution in [3.63, 3.8) is 0 Å². The van der Waals surface area contributed by atoms with Crippen LogP contribution in [0.25, 0.3) is 11.4 Å². The van der Waals surface area contributed by atoms with E-state index in [9.17, 15) is 0 Å². The van der Waals surface area contributed by atoms with Gasteiger partial charge in [0.25, 0.3) is 0 Å². The highest BCUT2D eigenvalue weighted by molar-refractivity contribution is 6.35. The molecule has 0 amide bonds. The lowest BCUT2D eigenvalue weighted by Gasteiger charge is -2.13. The second kappa shape index (κ2) is 5.90. The number of aromatic nitrogens is 3. The molecule has 1 aromatic carbocycles. The maximum Gasteiger partial charge on any atom is 0.165 e. The van der Waals surface area contributed by atoms with Gasteiger partial charge in [-0.15, -0.1) is 10.2 Å². The largest absolute Gasteiger partial charge is 0.324 e. The minimum atomic E-state index is 0.345. The Balaban J connectivity index is 2.55. The van der Waals surface area contributed by atoms with Gasteiger partial charge in [0.2, 0.25) is 0 Å². The normalized spacial score (nSPS) is 11.3. The van der Waals surface area contributed by atoms with E-state index in [4.69, 9.17) is 28.9 Å². The quantitative estimate of drug-likeness (QED) is 0.941. The standard InChI is InChI=1S/C13H16Cl2N4/c1-8(2)7-19-12(6-16)17-18-13(19)10-5-9(14)3-4-11(10)15/h3-5,8H,6-7,16H2,1-2H3. The van der Waals surface area contributed by atoms with Crippen molar-refractivity contribution in [3.8, 4) is 11.4 Å². The van der Waals surface area contributed by atoms with E-state index in [0.29, 0.717) is 28.3 Å². The summed E-state index contributed by atoms with van der Waals surface area (Å²) in [6.07, 6.45) is 0. The van der Waals surface area contributed by atoms with E-state index in [1.165, 1.54) is 0 Å². The van der Waals surface area contributed by atoms with Gasteiger partial charge in [-0.3, -0.25) is 0 Å². The van der Waals surface area contributed by atoms with E-state index in [1.54, 1.807) is 18.2 Å². The first-order valence-corrected chi connectivity index (χ1v) is 6.86. The molecule has 1 heterocycles. The van der Waals surface area contributed by atoms with E-state index < -0.39 is 0 Å². The van der Waals surface area contributed by atoms with Gasteiger partial charge in [-0.2, -0.15) is 0 Å². The number of hydrogen-bond donors (Lipinski definition) is 1. The molecule has 2 N–H and O–H groups in total. The Morgan fingerprint density at radius 2 is 2.00 bits per heavy atom. The number of hydrogen-bond acceptors (Lipinski definition) is 3. The maximum atomic E-state index is 6.22. The molecule has 1 aromatic heterocycles. The summed E-state index contributed by atoms with van der Waals surface area (Å²) >= 11 is 12.2. The summed E-state index contributed by atoms with van der Waals surface area (Å²) in [5.74, 6) is 1.92. The summed E-state index contributed by atoms with van der Waals surface area (Å²) in [4.78, 5) is 0. The maximum absolute atomic E-state index is 6.22. The molecule has 0 fully saturated rings. The lowest BCUT2D eigenvalue weighted by Crippen LogP contribution is -2.13. The van der Waals surface area contributed by atoms with Gasteiger partial charge in [-0.25, -0.2) is 0 Å². The smallest absolute Gasteiger partial charge is 0.165 e. The molecule has 6 heteroatoms. The summed E-state index contributed by atoms with van der Waals surface area (Å²) in [7, 11) is 0. The second-order valence-corrected chi connectivity index (χ2v) is 5.62. The second-order valence-electron chi connectivity index (χ2n) is 4.77. The van der Waals surface area contributed by atoms with E-state index in [2.05, 4.69) is 24.0 Å². The van der Waals surface area contributed by atoms with Crippen LogP contribution in [-0.2, 0) is 13.1 Å². The number of halogens is 2. The Bertz CT molecular complexity index is 578. The van der Waals surface area contributed by atoms with Gasteiger partial charge in [0, 0.05) is 17.1 Å². The van der Waals surface area contributed by atoms with Crippen LogP contribution < -0.4 is 5.73 Å². The van der Waals surface area contributed by atoms with E-state index in [1.807, 2.05) is 4.57 Å². The highest BCUT2D eigenvalue weighted by Crippen LogP contribution is 2.30. The van der Waals surface area contributed by atoms with Crippen molar-refractivity contribution >= 4 is 23.2 Å². The Labute approximate surface area is 122 Å². The molecule has 0 bridgehead atoms. The van der Waals surface area contributed by atoms with Crippen LogP contribution >= 0.6 is 23.2 Å². The topological polar surface area (TPSA) is 56.7 Å². The molecular formula is C13H16Cl2N4. The minimum Gasteiger partial charge on any atom is -0.324 e. The molecule has 4 nitrogen and oxygen atoms in total. The van der Waals surface area contributed by atoms with Gasteiger partial charge in [0.05, 0.1) is 11.6 Å². The fraction of sp³-hybridized carbons (Fsp3) is 0.385. The fourth-order valence-corrected chi connectivity index (χ4v) is 2.29. The molecule has 0 radical (unpaired) electrons. The SMILES string of the molecule is CC(C)Cn1c(CN)nnc1-c1cc(Cl)ccc1Cl. The van der Waals surface area contributed by atoms with Gasteiger partial charge in [0.1, 0.15) is 5.82 Å². The Kier molecular flexibility index (Phi) is 4.45. The minimum absolute atomic E-state index is 0.345. The molecule has 2 aromatic rings. The molecule has 0 unspecified atom stereocenters. The summed E-state index contributed by atoms with van der Waals surface area (Å²) in [5.41, 5.74) is 6.48. The Hall–Kier alpha value is -1.10. The van der Waals surface area contributed by atoms with Crippen LogP contribution in [0.3, 0.4) is 0 Å². The molecule has 0 aliphatic rings. The zero-order valence-electron chi connectivity index (χ0n) is 10.9. The fourth-order valence-electron chi connectivity index (χ4n) is 1.91. The molecule has 102 valence electrons. The van der Waals surface area contributed by atoms with Crippen LogP contribution in [-0.4, -0.2) is 14.8 Å². The monoisotopic (exact) mass is 298 g/mol. The Morgan fingerprint density at radius 1 is 1.26 bits per heavy atom. The lowest BCUT2D eigenvalue weighted by atomic mass is 10.2. The van der Waals surface area contributed by atoms with E-state index >= 15 is 0 Å². The number of benzene rings is 1. The molecule has 0 atom stereocenters. The van der Waals surface area contributed by atoms with E-state index in [-0.39, 0.29) is 0 Å². The summed E-state index contributed by atoms with van der Waals surface area (Å²) in [5, 5.41) is 9.54. The first kappa shape index (κ1) is 14.3. The van der Waals surface area contributed by atoms with Crippen LogP contribution in [0.1, 0.15) is 19.7 Å². The molecule has 0 saturated heterocycles.